The molecule has 0 heterocycles. The minimum absolute atomic E-state index is 0.399. The molecule has 1 aromatic rings. The molecule has 0 aliphatic heterocycles. The second-order valence-corrected chi connectivity index (χ2v) is 4.70. The Labute approximate surface area is 98.3 Å². The van der Waals surface area contributed by atoms with Gasteiger partial charge in [-0.2, -0.15) is 0 Å². The normalized spacial score (nSPS) is 18.8. The van der Waals surface area contributed by atoms with Crippen molar-refractivity contribution in [1.82, 2.24) is 5.32 Å². The summed E-state index contributed by atoms with van der Waals surface area (Å²) in [5.74, 6) is 3.53. The second-order valence-electron chi connectivity index (χ2n) is 4.70. The zero-order valence-corrected chi connectivity index (χ0v) is 9.82. The van der Waals surface area contributed by atoms with Gasteiger partial charge in [0.25, 0.3) is 0 Å². The first-order valence-electron chi connectivity index (χ1n) is 6.05. The van der Waals surface area contributed by atoms with Gasteiger partial charge in [-0.3, -0.25) is 0 Å². The van der Waals surface area contributed by atoms with E-state index in [0.717, 1.165) is 12.3 Å². The van der Waals surface area contributed by atoms with Crippen LogP contribution in [0.25, 0.3) is 0 Å². The van der Waals surface area contributed by atoms with Crippen LogP contribution in [0, 0.1) is 18.3 Å². The third kappa shape index (κ3) is 2.87. The van der Waals surface area contributed by atoms with Crippen molar-refractivity contribution < 1.29 is 0 Å². The number of hydrogen-bond donors (Lipinski definition) is 1. The molecule has 0 radical (unpaired) electrons. The van der Waals surface area contributed by atoms with Crippen LogP contribution in [0.1, 0.15) is 37.8 Å². The molecular weight excluding hydrogens is 194 g/mol. The molecule has 84 valence electrons. The summed E-state index contributed by atoms with van der Waals surface area (Å²) in [5, 5.41) is 3.65. The van der Waals surface area contributed by atoms with Gasteiger partial charge in [-0.25, -0.2) is 0 Å². The molecule has 0 amide bonds. The van der Waals surface area contributed by atoms with Gasteiger partial charge < -0.3 is 5.32 Å². The maximum atomic E-state index is 5.35. The smallest absolute Gasteiger partial charge is 0.0351 e. The topological polar surface area (TPSA) is 12.0 Å². The summed E-state index contributed by atoms with van der Waals surface area (Å²) in [7, 11) is 0. The largest absolute Gasteiger partial charge is 0.306 e. The van der Waals surface area contributed by atoms with Gasteiger partial charge in [0.2, 0.25) is 0 Å². The maximum Gasteiger partial charge on any atom is 0.0351 e. The van der Waals surface area contributed by atoms with Crippen molar-refractivity contribution in [3.63, 3.8) is 0 Å². The first-order valence-corrected chi connectivity index (χ1v) is 6.05. The predicted octanol–water partition coefficient (Wildman–Crippen LogP) is 3.14. The van der Waals surface area contributed by atoms with Crippen molar-refractivity contribution in [2.45, 2.75) is 38.3 Å². The molecule has 1 heteroatoms. The molecule has 0 bridgehead atoms. The number of benzene rings is 1. The molecule has 1 fully saturated rings. The summed E-state index contributed by atoms with van der Waals surface area (Å²) in [4.78, 5) is 0. The third-order valence-electron chi connectivity index (χ3n) is 3.14. The van der Waals surface area contributed by atoms with Gasteiger partial charge in [-0.05, 0) is 31.2 Å². The van der Waals surface area contributed by atoms with E-state index in [-0.39, 0.29) is 0 Å². The van der Waals surface area contributed by atoms with Crippen LogP contribution < -0.4 is 5.32 Å². The van der Waals surface area contributed by atoms with Crippen LogP contribution in [-0.2, 0) is 0 Å². The van der Waals surface area contributed by atoms with Crippen LogP contribution in [0.5, 0.6) is 0 Å². The van der Waals surface area contributed by atoms with Crippen molar-refractivity contribution in [1.29, 1.82) is 0 Å². The fourth-order valence-corrected chi connectivity index (χ4v) is 2.14. The summed E-state index contributed by atoms with van der Waals surface area (Å²) in [6.45, 7) is 2.16. The highest BCUT2D eigenvalue weighted by Crippen LogP contribution is 2.41. The maximum absolute atomic E-state index is 5.35. The molecule has 1 aliphatic rings. The Kier molecular flexibility index (Phi) is 3.64. The Bertz CT molecular complexity index is 359. The molecule has 1 aromatic carbocycles. The number of nitrogens with one attached hydrogen (secondary N) is 1. The van der Waals surface area contributed by atoms with Crippen molar-refractivity contribution in [3.05, 3.63) is 35.9 Å². The fourth-order valence-electron chi connectivity index (χ4n) is 2.14. The quantitative estimate of drug-likeness (QED) is 0.741. The average molecular weight is 213 g/mol. The second kappa shape index (κ2) is 5.18. The lowest BCUT2D eigenvalue weighted by molar-refractivity contribution is 0.423. The SMILES string of the molecule is C#CCC(C)NC(c1ccccc1)C1CC1. The van der Waals surface area contributed by atoms with Gasteiger partial charge in [0, 0.05) is 18.5 Å². The van der Waals surface area contributed by atoms with Crippen molar-refractivity contribution in [2.75, 3.05) is 0 Å². The van der Waals surface area contributed by atoms with Crippen molar-refractivity contribution >= 4 is 0 Å². The molecule has 1 N–H and O–H groups in total. The molecule has 2 unspecified atom stereocenters. The molecule has 0 spiro atoms. The van der Waals surface area contributed by atoms with E-state index in [0.29, 0.717) is 12.1 Å². The molecule has 1 aliphatic carbocycles. The summed E-state index contributed by atoms with van der Waals surface area (Å²) in [6, 6.07) is 11.6. The molecular formula is C15H19N. The Hall–Kier alpha value is -1.26. The fraction of sp³-hybridized carbons (Fsp3) is 0.467. The molecule has 2 atom stereocenters. The van der Waals surface area contributed by atoms with E-state index in [9.17, 15) is 0 Å². The van der Waals surface area contributed by atoms with E-state index in [2.05, 4.69) is 48.5 Å². The van der Waals surface area contributed by atoms with Gasteiger partial charge in [0.05, 0.1) is 0 Å². The zero-order valence-electron chi connectivity index (χ0n) is 9.82. The Morgan fingerprint density at radius 2 is 2.06 bits per heavy atom. The lowest BCUT2D eigenvalue weighted by Gasteiger charge is -2.22. The first kappa shape index (κ1) is 11.2. The van der Waals surface area contributed by atoms with E-state index < -0.39 is 0 Å². The minimum Gasteiger partial charge on any atom is -0.306 e. The highest BCUT2D eigenvalue weighted by atomic mass is 15.0. The molecule has 1 nitrogen and oxygen atoms in total. The third-order valence-corrected chi connectivity index (χ3v) is 3.14. The van der Waals surface area contributed by atoms with E-state index in [1.807, 2.05) is 0 Å². The average Bonchev–Trinajstić information content (AvgIpc) is 3.11. The summed E-state index contributed by atoms with van der Waals surface area (Å²) >= 11 is 0. The van der Waals surface area contributed by atoms with E-state index >= 15 is 0 Å². The van der Waals surface area contributed by atoms with Crippen LogP contribution in [0.3, 0.4) is 0 Å². The standard InChI is InChI=1S/C15H19N/c1-3-7-12(2)16-15(14-10-11-14)13-8-5-4-6-9-13/h1,4-6,8-9,12,14-16H,7,10-11H2,2H3. The minimum atomic E-state index is 0.399. The van der Waals surface area contributed by atoms with Crippen molar-refractivity contribution in [3.8, 4) is 12.3 Å². The first-order chi connectivity index (χ1) is 7.81. The molecule has 2 rings (SSSR count). The van der Waals surface area contributed by atoms with Gasteiger partial charge in [-0.15, -0.1) is 12.3 Å². The molecule has 1 saturated carbocycles. The van der Waals surface area contributed by atoms with Gasteiger partial charge >= 0.3 is 0 Å². The van der Waals surface area contributed by atoms with Gasteiger partial charge in [0.1, 0.15) is 0 Å². The number of hydrogen-bond acceptors (Lipinski definition) is 1. The van der Waals surface area contributed by atoms with Crippen LogP contribution in [0.4, 0.5) is 0 Å². The Balaban J connectivity index is 2.04. The Morgan fingerprint density at radius 3 is 2.62 bits per heavy atom. The summed E-state index contributed by atoms with van der Waals surface area (Å²) in [6.07, 6.45) is 8.83. The van der Waals surface area contributed by atoms with E-state index in [1.54, 1.807) is 0 Å². The highest BCUT2D eigenvalue weighted by Gasteiger charge is 2.32. The van der Waals surface area contributed by atoms with Crippen LogP contribution in [0.2, 0.25) is 0 Å². The Morgan fingerprint density at radius 1 is 1.38 bits per heavy atom. The van der Waals surface area contributed by atoms with Crippen LogP contribution in [-0.4, -0.2) is 6.04 Å². The summed E-state index contributed by atoms with van der Waals surface area (Å²) in [5.41, 5.74) is 1.40. The van der Waals surface area contributed by atoms with Gasteiger partial charge in [0.15, 0.2) is 0 Å². The van der Waals surface area contributed by atoms with Gasteiger partial charge in [-0.1, -0.05) is 30.3 Å². The van der Waals surface area contributed by atoms with Crippen LogP contribution >= 0.6 is 0 Å². The summed E-state index contributed by atoms with van der Waals surface area (Å²) < 4.78 is 0. The lowest BCUT2D eigenvalue weighted by atomic mass is 10.0. The number of rotatable bonds is 5. The van der Waals surface area contributed by atoms with Crippen molar-refractivity contribution in [2.24, 2.45) is 5.92 Å². The highest BCUT2D eigenvalue weighted by molar-refractivity contribution is 5.21. The number of terminal acetylenes is 1. The van der Waals surface area contributed by atoms with Crippen LogP contribution in [0.15, 0.2) is 30.3 Å². The lowest BCUT2D eigenvalue weighted by Crippen LogP contribution is -2.31. The predicted molar refractivity (Wildman–Crippen MR) is 68.0 cm³/mol. The van der Waals surface area contributed by atoms with E-state index in [4.69, 9.17) is 6.42 Å². The monoisotopic (exact) mass is 213 g/mol. The zero-order chi connectivity index (χ0) is 11.4. The molecule has 16 heavy (non-hydrogen) atoms. The van der Waals surface area contributed by atoms with E-state index in [1.165, 1.54) is 18.4 Å². The molecule has 0 saturated heterocycles. The molecule has 0 aromatic heterocycles.